The summed E-state index contributed by atoms with van der Waals surface area (Å²) in [6.07, 6.45) is 0. The molecular formula is C15H12BrClFNO. The number of benzene rings is 2. The lowest BCUT2D eigenvalue weighted by molar-refractivity contribution is 0.0784. The Morgan fingerprint density at radius 2 is 1.90 bits per heavy atom. The molecule has 0 aromatic heterocycles. The highest BCUT2D eigenvalue weighted by Crippen LogP contribution is 2.17. The van der Waals surface area contributed by atoms with Crippen molar-refractivity contribution in [2.24, 2.45) is 0 Å². The maximum Gasteiger partial charge on any atom is 0.254 e. The van der Waals surface area contributed by atoms with Gasteiger partial charge in [-0.3, -0.25) is 4.79 Å². The molecule has 0 unspecified atom stereocenters. The Hall–Kier alpha value is -1.39. The van der Waals surface area contributed by atoms with Crippen molar-refractivity contribution >= 4 is 33.4 Å². The Morgan fingerprint density at radius 3 is 2.50 bits per heavy atom. The van der Waals surface area contributed by atoms with E-state index in [0.717, 1.165) is 16.1 Å². The number of rotatable bonds is 3. The van der Waals surface area contributed by atoms with Gasteiger partial charge in [-0.15, -0.1) is 0 Å². The Kier molecular flexibility index (Phi) is 4.78. The maximum atomic E-state index is 13.4. The van der Waals surface area contributed by atoms with Gasteiger partial charge in [0.1, 0.15) is 5.82 Å². The number of hydrogen-bond donors (Lipinski definition) is 0. The van der Waals surface area contributed by atoms with Crippen molar-refractivity contribution in [3.05, 3.63) is 68.9 Å². The zero-order chi connectivity index (χ0) is 14.7. The quantitative estimate of drug-likeness (QED) is 0.792. The summed E-state index contributed by atoms with van der Waals surface area (Å²) in [4.78, 5) is 13.7. The first-order valence-electron chi connectivity index (χ1n) is 5.92. The number of nitrogens with zero attached hydrogens (tertiary/aromatic N) is 1. The van der Waals surface area contributed by atoms with Crippen molar-refractivity contribution in [1.29, 1.82) is 0 Å². The van der Waals surface area contributed by atoms with Gasteiger partial charge in [0.05, 0.1) is 5.02 Å². The third kappa shape index (κ3) is 3.58. The van der Waals surface area contributed by atoms with Gasteiger partial charge in [0.15, 0.2) is 0 Å². The molecule has 0 saturated carbocycles. The topological polar surface area (TPSA) is 20.3 Å². The van der Waals surface area contributed by atoms with E-state index in [4.69, 9.17) is 11.6 Å². The molecule has 0 heterocycles. The van der Waals surface area contributed by atoms with E-state index in [0.29, 0.717) is 6.54 Å². The monoisotopic (exact) mass is 355 g/mol. The van der Waals surface area contributed by atoms with E-state index in [1.165, 1.54) is 17.0 Å². The first-order chi connectivity index (χ1) is 9.47. The highest BCUT2D eigenvalue weighted by Gasteiger charge is 2.13. The predicted molar refractivity (Wildman–Crippen MR) is 81.3 cm³/mol. The number of amides is 1. The summed E-state index contributed by atoms with van der Waals surface area (Å²) in [6.45, 7) is 0.455. The smallest absolute Gasteiger partial charge is 0.254 e. The van der Waals surface area contributed by atoms with Crippen LogP contribution in [0.1, 0.15) is 15.9 Å². The molecule has 1 amide bonds. The molecule has 2 aromatic rings. The fraction of sp³-hybridized carbons (Fsp3) is 0.133. The molecule has 0 atom stereocenters. The van der Waals surface area contributed by atoms with E-state index < -0.39 is 5.82 Å². The van der Waals surface area contributed by atoms with Crippen LogP contribution in [0.15, 0.2) is 46.9 Å². The molecule has 0 N–H and O–H groups in total. The molecule has 104 valence electrons. The number of halogens is 3. The van der Waals surface area contributed by atoms with Crippen LogP contribution >= 0.6 is 27.5 Å². The molecule has 5 heteroatoms. The molecule has 0 bridgehead atoms. The van der Waals surface area contributed by atoms with E-state index in [1.807, 2.05) is 24.3 Å². The summed E-state index contributed by atoms with van der Waals surface area (Å²) in [5.41, 5.74) is 1.28. The van der Waals surface area contributed by atoms with E-state index in [2.05, 4.69) is 15.9 Å². The minimum absolute atomic E-state index is 0.0112. The van der Waals surface area contributed by atoms with Crippen molar-refractivity contribution in [3.63, 3.8) is 0 Å². The molecule has 20 heavy (non-hydrogen) atoms. The average Bonchev–Trinajstić information content (AvgIpc) is 2.43. The lowest BCUT2D eigenvalue weighted by Crippen LogP contribution is -2.26. The van der Waals surface area contributed by atoms with Crippen LogP contribution in [0.5, 0.6) is 0 Å². The molecule has 0 aliphatic rings. The normalized spacial score (nSPS) is 10.4. The summed E-state index contributed by atoms with van der Waals surface area (Å²) < 4.78 is 14.3. The summed E-state index contributed by atoms with van der Waals surface area (Å²) in [5, 5.41) is 0.0112. The molecule has 0 spiro atoms. The second-order valence-electron chi connectivity index (χ2n) is 4.42. The Labute approximate surface area is 130 Å². The van der Waals surface area contributed by atoms with Crippen LogP contribution in [-0.2, 0) is 6.54 Å². The van der Waals surface area contributed by atoms with Crippen molar-refractivity contribution in [2.45, 2.75) is 6.54 Å². The second kappa shape index (κ2) is 6.37. The van der Waals surface area contributed by atoms with Crippen LogP contribution in [0.2, 0.25) is 5.02 Å². The van der Waals surface area contributed by atoms with Crippen LogP contribution in [0.25, 0.3) is 0 Å². The van der Waals surface area contributed by atoms with Crippen molar-refractivity contribution in [2.75, 3.05) is 7.05 Å². The minimum atomic E-state index is -0.588. The summed E-state index contributed by atoms with van der Waals surface area (Å²) in [7, 11) is 1.68. The highest BCUT2D eigenvalue weighted by atomic mass is 79.9. The summed E-state index contributed by atoms with van der Waals surface area (Å²) >= 11 is 8.96. The molecule has 2 nitrogen and oxygen atoms in total. The SMILES string of the molecule is CN(Cc1ccc(Br)cc1)C(=O)c1ccc(Cl)c(F)c1. The minimum Gasteiger partial charge on any atom is -0.337 e. The van der Waals surface area contributed by atoms with Crippen LogP contribution in [0.3, 0.4) is 0 Å². The zero-order valence-electron chi connectivity index (χ0n) is 10.7. The standard InChI is InChI=1S/C15H12BrClFNO/c1-19(9-10-2-5-12(16)6-3-10)15(20)11-4-7-13(17)14(18)8-11/h2-8H,9H2,1H3. The van der Waals surface area contributed by atoms with Gasteiger partial charge in [-0.25, -0.2) is 4.39 Å². The van der Waals surface area contributed by atoms with Crippen LogP contribution in [0, 0.1) is 5.82 Å². The first kappa shape index (κ1) is 15.0. The first-order valence-corrected chi connectivity index (χ1v) is 7.09. The van der Waals surface area contributed by atoms with Gasteiger partial charge in [-0.1, -0.05) is 39.7 Å². The van der Waals surface area contributed by atoms with Gasteiger partial charge >= 0.3 is 0 Å². The number of carbonyl (C=O) groups is 1. The van der Waals surface area contributed by atoms with Crippen LogP contribution in [-0.4, -0.2) is 17.9 Å². The van der Waals surface area contributed by atoms with Gasteiger partial charge in [0.2, 0.25) is 0 Å². The van der Waals surface area contributed by atoms with Crippen molar-refractivity contribution in [3.8, 4) is 0 Å². The number of hydrogen-bond acceptors (Lipinski definition) is 1. The lowest BCUT2D eigenvalue weighted by Gasteiger charge is -2.17. The van der Waals surface area contributed by atoms with Gasteiger partial charge in [-0.05, 0) is 35.9 Å². The Balaban J connectivity index is 2.11. The molecule has 2 rings (SSSR count). The molecule has 0 saturated heterocycles. The summed E-state index contributed by atoms with van der Waals surface area (Å²) in [5.74, 6) is -0.835. The maximum absolute atomic E-state index is 13.4. The van der Waals surface area contributed by atoms with E-state index >= 15 is 0 Å². The lowest BCUT2D eigenvalue weighted by atomic mass is 10.1. The third-order valence-electron chi connectivity index (χ3n) is 2.85. The van der Waals surface area contributed by atoms with Crippen LogP contribution < -0.4 is 0 Å². The Morgan fingerprint density at radius 1 is 1.25 bits per heavy atom. The van der Waals surface area contributed by atoms with Gasteiger partial charge in [0.25, 0.3) is 5.91 Å². The molecular weight excluding hydrogens is 345 g/mol. The van der Waals surface area contributed by atoms with Gasteiger partial charge < -0.3 is 4.90 Å². The van der Waals surface area contributed by atoms with Gasteiger partial charge in [0, 0.05) is 23.6 Å². The number of carbonyl (C=O) groups excluding carboxylic acids is 1. The second-order valence-corrected chi connectivity index (χ2v) is 5.74. The van der Waals surface area contributed by atoms with E-state index in [9.17, 15) is 9.18 Å². The van der Waals surface area contributed by atoms with Crippen molar-refractivity contribution in [1.82, 2.24) is 4.90 Å². The van der Waals surface area contributed by atoms with Crippen molar-refractivity contribution < 1.29 is 9.18 Å². The van der Waals surface area contributed by atoms with E-state index in [1.54, 1.807) is 7.05 Å². The predicted octanol–water partition coefficient (Wildman–Crippen LogP) is 4.51. The van der Waals surface area contributed by atoms with Gasteiger partial charge in [-0.2, -0.15) is 0 Å². The molecule has 0 aliphatic carbocycles. The molecule has 0 aliphatic heterocycles. The van der Waals surface area contributed by atoms with Crippen LogP contribution in [0.4, 0.5) is 4.39 Å². The Bertz CT molecular complexity index is 630. The third-order valence-corrected chi connectivity index (χ3v) is 3.68. The molecule has 0 fully saturated rings. The average molecular weight is 357 g/mol. The molecule has 0 radical (unpaired) electrons. The largest absolute Gasteiger partial charge is 0.337 e. The highest BCUT2D eigenvalue weighted by molar-refractivity contribution is 9.10. The fourth-order valence-corrected chi connectivity index (χ4v) is 2.17. The summed E-state index contributed by atoms with van der Waals surface area (Å²) in [6, 6.07) is 11.7. The fourth-order valence-electron chi connectivity index (χ4n) is 1.79. The molecule has 2 aromatic carbocycles. The zero-order valence-corrected chi connectivity index (χ0v) is 13.1. The van der Waals surface area contributed by atoms with E-state index in [-0.39, 0.29) is 16.5 Å².